The van der Waals surface area contributed by atoms with Gasteiger partial charge in [-0.05, 0) is 37.0 Å². The van der Waals surface area contributed by atoms with E-state index in [9.17, 15) is 4.79 Å². The number of aromatic nitrogens is 3. The normalized spacial score (nSPS) is 17.2. The van der Waals surface area contributed by atoms with Crippen molar-refractivity contribution in [3.63, 3.8) is 0 Å². The van der Waals surface area contributed by atoms with Crippen molar-refractivity contribution in [2.24, 2.45) is 0 Å². The van der Waals surface area contributed by atoms with Crippen molar-refractivity contribution in [2.75, 3.05) is 6.54 Å². The molecule has 0 saturated carbocycles. The second-order valence-corrected chi connectivity index (χ2v) is 6.68. The molecule has 1 aliphatic rings. The number of hydrogen-bond donors (Lipinski definition) is 0. The quantitative estimate of drug-likeness (QED) is 0.724. The molecular formula is C21H22N4O. The summed E-state index contributed by atoms with van der Waals surface area (Å²) in [5, 5.41) is 8.52. The molecule has 1 aliphatic heterocycles. The van der Waals surface area contributed by atoms with Crippen LogP contribution in [0.25, 0.3) is 0 Å². The fourth-order valence-electron chi connectivity index (χ4n) is 3.61. The van der Waals surface area contributed by atoms with Gasteiger partial charge in [0.2, 0.25) is 0 Å². The van der Waals surface area contributed by atoms with Crippen molar-refractivity contribution in [1.29, 1.82) is 0 Å². The Balaban J connectivity index is 1.61. The Labute approximate surface area is 153 Å². The second-order valence-electron chi connectivity index (χ2n) is 6.68. The number of carbonyl (C=O) groups excluding carboxylic acids is 1. The van der Waals surface area contributed by atoms with Gasteiger partial charge in [-0.2, -0.15) is 0 Å². The van der Waals surface area contributed by atoms with Crippen LogP contribution in [0.1, 0.15) is 47.1 Å². The lowest BCUT2D eigenvalue weighted by molar-refractivity contribution is 0.0595. The van der Waals surface area contributed by atoms with E-state index in [1.165, 1.54) is 5.56 Å². The monoisotopic (exact) mass is 346 g/mol. The summed E-state index contributed by atoms with van der Waals surface area (Å²) in [6, 6.07) is 19.7. The van der Waals surface area contributed by atoms with Gasteiger partial charge in [0.05, 0.1) is 12.6 Å². The van der Waals surface area contributed by atoms with Crippen molar-refractivity contribution in [3.05, 3.63) is 83.9 Å². The van der Waals surface area contributed by atoms with Crippen molar-refractivity contribution in [1.82, 2.24) is 19.7 Å². The highest BCUT2D eigenvalue weighted by Crippen LogP contribution is 2.31. The lowest BCUT2D eigenvalue weighted by Crippen LogP contribution is -2.39. The zero-order chi connectivity index (χ0) is 17.8. The van der Waals surface area contributed by atoms with E-state index in [4.69, 9.17) is 0 Å². The molecule has 1 fully saturated rings. The van der Waals surface area contributed by atoms with Gasteiger partial charge >= 0.3 is 0 Å². The number of benzene rings is 2. The average molecular weight is 346 g/mol. The smallest absolute Gasteiger partial charge is 0.254 e. The van der Waals surface area contributed by atoms with E-state index >= 15 is 0 Å². The lowest BCUT2D eigenvalue weighted by Gasteiger charge is -2.35. The van der Waals surface area contributed by atoms with Crippen LogP contribution in [-0.4, -0.2) is 32.1 Å². The molecule has 5 nitrogen and oxygen atoms in total. The molecule has 1 aromatic heterocycles. The first-order valence-corrected chi connectivity index (χ1v) is 9.10. The summed E-state index contributed by atoms with van der Waals surface area (Å²) in [5.41, 5.74) is 1.93. The minimum atomic E-state index is -0.0253. The van der Waals surface area contributed by atoms with E-state index in [1.54, 1.807) is 6.33 Å². The molecule has 1 amide bonds. The third-order valence-corrected chi connectivity index (χ3v) is 4.92. The van der Waals surface area contributed by atoms with E-state index < -0.39 is 0 Å². The summed E-state index contributed by atoms with van der Waals surface area (Å²) < 4.78 is 2.07. The molecule has 1 saturated heterocycles. The summed E-state index contributed by atoms with van der Waals surface area (Å²) >= 11 is 0. The summed E-state index contributed by atoms with van der Waals surface area (Å²) in [6.07, 6.45) is 4.82. The van der Waals surface area contributed by atoms with E-state index in [0.717, 1.165) is 37.2 Å². The highest BCUT2D eigenvalue weighted by molar-refractivity contribution is 5.94. The van der Waals surface area contributed by atoms with Crippen LogP contribution in [0, 0.1) is 0 Å². The van der Waals surface area contributed by atoms with Gasteiger partial charge in [0.15, 0.2) is 5.82 Å². The predicted molar refractivity (Wildman–Crippen MR) is 99.6 cm³/mol. The number of amides is 1. The summed E-state index contributed by atoms with van der Waals surface area (Å²) in [7, 11) is 0. The third kappa shape index (κ3) is 3.38. The Kier molecular flexibility index (Phi) is 4.78. The van der Waals surface area contributed by atoms with Gasteiger partial charge in [0.25, 0.3) is 5.91 Å². The number of nitrogens with zero attached hydrogens (tertiary/aromatic N) is 4. The molecule has 26 heavy (non-hydrogen) atoms. The van der Waals surface area contributed by atoms with Gasteiger partial charge in [-0.1, -0.05) is 48.5 Å². The zero-order valence-corrected chi connectivity index (χ0v) is 14.7. The van der Waals surface area contributed by atoms with E-state index in [0.29, 0.717) is 6.54 Å². The first-order valence-electron chi connectivity index (χ1n) is 9.10. The first-order chi connectivity index (χ1) is 12.8. The van der Waals surface area contributed by atoms with E-state index in [2.05, 4.69) is 26.9 Å². The van der Waals surface area contributed by atoms with Crippen LogP contribution >= 0.6 is 0 Å². The predicted octanol–water partition coefficient (Wildman–Crippen LogP) is 3.69. The van der Waals surface area contributed by atoms with Crippen LogP contribution in [-0.2, 0) is 6.54 Å². The number of piperidine rings is 1. The number of hydrogen-bond acceptors (Lipinski definition) is 3. The Bertz CT molecular complexity index is 860. The van der Waals surface area contributed by atoms with Gasteiger partial charge in [-0.25, -0.2) is 0 Å². The maximum atomic E-state index is 13.0. The zero-order valence-electron chi connectivity index (χ0n) is 14.7. The van der Waals surface area contributed by atoms with Gasteiger partial charge in [-0.15, -0.1) is 10.2 Å². The van der Waals surface area contributed by atoms with E-state index in [-0.39, 0.29) is 11.9 Å². The SMILES string of the molecule is O=C(c1ccccc1)N1CCCC[C@@H]1c1nncn1Cc1ccccc1. The van der Waals surface area contributed by atoms with Crippen LogP contribution in [0.4, 0.5) is 0 Å². The fourth-order valence-corrected chi connectivity index (χ4v) is 3.61. The molecule has 3 aromatic rings. The first kappa shape index (κ1) is 16.5. The van der Waals surface area contributed by atoms with Crippen LogP contribution < -0.4 is 0 Å². The Morgan fingerprint density at radius 3 is 2.50 bits per heavy atom. The van der Waals surface area contributed by atoms with Gasteiger partial charge in [-0.3, -0.25) is 4.79 Å². The Morgan fingerprint density at radius 1 is 1.00 bits per heavy atom. The number of likely N-dealkylation sites (tertiary alicyclic amines) is 1. The molecule has 0 bridgehead atoms. The third-order valence-electron chi connectivity index (χ3n) is 4.92. The van der Waals surface area contributed by atoms with Crippen LogP contribution in [0.15, 0.2) is 67.0 Å². The number of carbonyl (C=O) groups is 1. The highest BCUT2D eigenvalue weighted by atomic mass is 16.2. The topological polar surface area (TPSA) is 51.0 Å². The average Bonchev–Trinajstić information content (AvgIpc) is 3.17. The standard InChI is InChI=1S/C21H22N4O/c26-21(18-11-5-2-6-12-18)25-14-8-7-13-19(25)20-23-22-16-24(20)15-17-9-3-1-4-10-17/h1-6,9-12,16,19H,7-8,13-15H2/t19-/m1/s1. The van der Waals surface area contributed by atoms with Crippen LogP contribution in [0.3, 0.4) is 0 Å². The summed E-state index contributed by atoms with van der Waals surface area (Å²) in [5.74, 6) is 0.947. The summed E-state index contributed by atoms with van der Waals surface area (Å²) in [4.78, 5) is 15.0. The molecule has 0 spiro atoms. The maximum Gasteiger partial charge on any atom is 0.254 e. The molecule has 5 heteroatoms. The van der Waals surface area contributed by atoms with Crippen molar-refractivity contribution < 1.29 is 4.79 Å². The molecule has 0 radical (unpaired) electrons. The van der Waals surface area contributed by atoms with Crippen LogP contribution in [0.2, 0.25) is 0 Å². The lowest BCUT2D eigenvalue weighted by atomic mass is 10.00. The molecular weight excluding hydrogens is 324 g/mol. The minimum absolute atomic E-state index is 0.0253. The van der Waals surface area contributed by atoms with E-state index in [1.807, 2.05) is 53.4 Å². The number of rotatable bonds is 4. The molecule has 1 atom stereocenters. The molecule has 4 rings (SSSR count). The highest BCUT2D eigenvalue weighted by Gasteiger charge is 2.31. The molecule has 2 aromatic carbocycles. The van der Waals surface area contributed by atoms with Gasteiger partial charge in [0, 0.05) is 12.1 Å². The minimum Gasteiger partial charge on any atom is -0.328 e. The molecule has 0 aliphatic carbocycles. The largest absolute Gasteiger partial charge is 0.328 e. The molecule has 0 unspecified atom stereocenters. The summed E-state index contributed by atoms with van der Waals surface area (Å²) in [6.45, 7) is 1.48. The second kappa shape index (κ2) is 7.52. The van der Waals surface area contributed by atoms with Gasteiger partial charge < -0.3 is 9.47 Å². The fraction of sp³-hybridized carbons (Fsp3) is 0.286. The van der Waals surface area contributed by atoms with Gasteiger partial charge in [0.1, 0.15) is 6.33 Å². The molecule has 2 heterocycles. The molecule has 0 N–H and O–H groups in total. The maximum absolute atomic E-state index is 13.0. The van der Waals surface area contributed by atoms with Crippen LogP contribution in [0.5, 0.6) is 0 Å². The van der Waals surface area contributed by atoms with Crippen molar-refractivity contribution in [2.45, 2.75) is 31.8 Å². The molecule has 132 valence electrons. The van der Waals surface area contributed by atoms with Crippen molar-refractivity contribution in [3.8, 4) is 0 Å². The van der Waals surface area contributed by atoms with Crippen molar-refractivity contribution >= 4 is 5.91 Å². The Morgan fingerprint density at radius 2 is 1.73 bits per heavy atom. The Hall–Kier alpha value is -2.95.